The number of nitrogens with one attached hydrogen (secondary N) is 1. The first-order valence-corrected chi connectivity index (χ1v) is 7.54. The molecule has 21 heavy (non-hydrogen) atoms. The van der Waals surface area contributed by atoms with Crippen molar-refractivity contribution in [3.63, 3.8) is 0 Å². The molecule has 2 aliphatic rings. The van der Waals surface area contributed by atoms with Gasteiger partial charge in [0, 0.05) is 18.5 Å². The molecule has 1 aromatic rings. The molecule has 0 saturated carbocycles. The van der Waals surface area contributed by atoms with Crippen LogP contribution >= 0.6 is 0 Å². The molecule has 0 bridgehead atoms. The van der Waals surface area contributed by atoms with Crippen LogP contribution in [0.5, 0.6) is 5.75 Å². The summed E-state index contributed by atoms with van der Waals surface area (Å²) in [5.74, 6) is 0.561. The zero-order chi connectivity index (χ0) is 14.7. The second-order valence-corrected chi connectivity index (χ2v) is 5.62. The number of hydrogen-bond acceptors (Lipinski definition) is 4. The highest BCUT2D eigenvalue weighted by atomic mass is 16.5. The minimum Gasteiger partial charge on any atom is -0.482 e. The zero-order valence-corrected chi connectivity index (χ0v) is 12.1. The Labute approximate surface area is 124 Å². The first-order valence-electron chi connectivity index (χ1n) is 7.54. The molecule has 0 atom stereocenters. The van der Waals surface area contributed by atoms with E-state index in [9.17, 15) is 9.59 Å². The van der Waals surface area contributed by atoms with Crippen molar-refractivity contribution in [3.8, 4) is 5.75 Å². The van der Waals surface area contributed by atoms with Crippen molar-refractivity contribution in [2.45, 2.75) is 25.7 Å². The number of Topliss-reactive ketones (excluding diaryl/α,β-unsaturated/α-hetero) is 1. The molecule has 5 heteroatoms. The maximum Gasteiger partial charge on any atom is 0.262 e. The molecule has 1 amide bonds. The van der Waals surface area contributed by atoms with Crippen LogP contribution in [0.25, 0.3) is 0 Å². The molecule has 2 heterocycles. The minimum absolute atomic E-state index is 0.0370. The molecule has 1 saturated heterocycles. The van der Waals surface area contributed by atoms with Gasteiger partial charge in [-0.05, 0) is 44.1 Å². The number of benzene rings is 1. The maximum atomic E-state index is 12.3. The molecule has 5 nitrogen and oxygen atoms in total. The van der Waals surface area contributed by atoms with Gasteiger partial charge >= 0.3 is 0 Å². The van der Waals surface area contributed by atoms with Crippen LogP contribution in [0.1, 0.15) is 36.0 Å². The maximum absolute atomic E-state index is 12.3. The Kier molecular flexibility index (Phi) is 4.20. The van der Waals surface area contributed by atoms with E-state index in [1.54, 1.807) is 18.2 Å². The quantitative estimate of drug-likeness (QED) is 0.862. The molecule has 0 radical (unpaired) electrons. The lowest BCUT2D eigenvalue weighted by Gasteiger charge is -2.26. The second-order valence-electron chi connectivity index (χ2n) is 5.62. The minimum atomic E-state index is -0.180. The number of piperidine rings is 1. The lowest BCUT2D eigenvalue weighted by molar-refractivity contribution is -0.118. The number of fused-ring (bicyclic) bond motifs is 1. The smallest absolute Gasteiger partial charge is 0.262 e. The van der Waals surface area contributed by atoms with Gasteiger partial charge in [0.25, 0.3) is 5.91 Å². The monoisotopic (exact) mass is 288 g/mol. The van der Waals surface area contributed by atoms with Gasteiger partial charge < -0.3 is 15.0 Å². The molecule has 0 unspecified atom stereocenters. The van der Waals surface area contributed by atoms with Gasteiger partial charge in [0.05, 0.1) is 5.69 Å². The number of carbonyl (C=O) groups excluding carboxylic acids is 2. The molecule has 0 aliphatic carbocycles. The number of ketones is 1. The topological polar surface area (TPSA) is 58.6 Å². The van der Waals surface area contributed by atoms with Gasteiger partial charge in [-0.3, -0.25) is 9.59 Å². The fourth-order valence-electron chi connectivity index (χ4n) is 2.84. The van der Waals surface area contributed by atoms with E-state index < -0.39 is 0 Å². The van der Waals surface area contributed by atoms with Gasteiger partial charge in [-0.1, -0.05) is 6.42 Å². The summed E-state index contributed by atoms with van der Waals surface area (Å²) in [6.45, 7) is 3.05. The highest BCUT2D eigenvalue weighted by molar-refractivity contribution is 6.00. The van der Waals surface area contributed by atoms with Crippen LogP contribution in [0.2, 0.25) is 0 Å². The third-order valence-electron chi connectivity index (χ3n) is 4.04. The predicted octanol–water partition coefficient (Wildman–Crippen LogP) is 2.08. The summed E-state index contributed by atoms with van der Waals surface area (Å²) in [6.07, 6.45) is 4.29. The number of amides is 1. The summed E-state index contributed by atoms with van der Waals surface area (Å²) in [4.78, 5) is 25.9. The highest BCUT2D eigenvalue weighted by Crippen LogP contribution is 2.28. The van der Waals surface area contributed by atoms with Crippen LogP contribution in [-0.4, -0.2) is 42.8 Å². The van der Waals surface area contributed by atoms with Crippen molar-refractivity contribution in [1.29, 1.82) is 0 Å². The summed E-state index contributed by atoms with van der Waals surface area (Å²) in [6, 6.07) is 5.24. The Morgan fingerprint density at radius 1 is 1.24 bits per heavy atom. The SMILES string of the molecule is O=C1COc2ccc(C(=O)CCN3CCCCC3)cc2N1. The largest absolute Gasteiger partial charge is 0.482 e. The number of nitrogens with zero attached hydrogens (tertiary/aromatic N) is 1. The summed E-state index contributed by atoms with van der Waals surface area (Å²) in [5.41, 5.74) is 1.23. The molecule has 112 valence electrons. The van der Waals surface area contributed by atoms with Crippen molar-refractivity contribution < 1.29 is 14.3 Å². The Balaban J connectivity index is 1.61. The Morgan fingerprint density at radius 2 is 2.05 bits per heavy atom. The standard InChI is InChI=1S/C16H20N2O3/c19-14(6-9-18-7-2-1-3-8-18)12-4-5-15-13(10-12)17-16(20)11-21-15/h4-5,10H,1-3,6-9,11H2,(H,17,20). The number of anilines is 1. The van der Waals surface area contributed by atoms with Gasteiger partial charge in [-0.2, -0.15) is 0 Å². The van der Waals surface area contributed by atoms with Gasteiger partial charge in [-0.15, -0.1) is 0 Å². The van der Waals surface area contributed by atoms with Gasteiger partial charge in [0.2, 0.25) is 0 Å². The highest BCUT2D eigenvalue weighted by Gasteiger charge is 2.18. The van der Waals surface area contributed by atoms with Crippen LogP contribution in [0, 0.1) is 0 Å². The van der Waals surface area contributed by atoms with E-state index in [-0.39, 0.29) is 18.3 Å². The molecule has 0 aromatic heterocycles. The van der Waals surface area contributed by atoms with Gasteiger partial charge in [0.15, 0.2) is 12.4 Å². The third-order valence-corrected chi connectivity index (χ3v) is 4.04. The number of ether oxygens (including phenoxy) is 1. The van der Waals surface area contributed by atoms with Crippen LogP contribution < -0.4 is 10.1 Å². The van der Waals surface area contributed by atoms with Crippen LogP contribution in [-0.2, 0) is 4.79 Å². The van der Waals surface area contributed by atoms with Gasteiger partial charge in [0.1, 0.15) is 5.75 Å². The fraction of sp³-hybridized carbons (Fsp3) is 0.500. The third kappa shape index (κ3) is 3.42. The number of hydrogen-bond donors (Lipinski definition) is 1. The van der Waals surface area contributed by atoms with E-state index in [4.69, 9.17) is 4.74 Å². The molecular formula is C16H20N2O3. The Hall–Kier alpha value is -1.88. The van der Waals surface area contributed by atoms with E-state index in [2.05, 4.69) is 10.2 Å². The molecule has 1 fully saturated rings. The van der Waals surface area contributed by atoms with Crippen LogP contribution in [0.3, 0.4) is 0 Å². The Morgan fingerprint density at radius 3 is 2.86 bits per heavy atom. The van der Waals surface area contributed by atoms with Crippen molar-refractivity contribution in [3.05, 3.63) is 23.8 Å². The lowest BCUT2D eigenvalue weighted by atomic mass is 10.1. The molecule has 2 aliphatic heterocycles. The fourth-order valence-corrected chi connectivity index (χ4v) is 2.84. The first-order chi connectivity index (χ1) is 10.2. The van der Waals surface area contributed by atoms with Crippen molar-refractivity contribution >= 4 is 17.4 Å². The molecule has 3 rings (SSSR count). The summed E-state index contributed by atoms with van der Waals surface area (Å²) < 4.78 is 5.29. The van der Waals surface area contributed by atoms with E-state index in [0.29, 0.717) is 23.4 Å². The van der Waals surface area contributed by atoms with Crippen LogP contribution in [0.15, 0.2) is 18.2 Å². The normalized spacial score (nSPS) is 18.6. The number of rotatable bonds is 4. The van der Waals surface area contributed by atoms with Crippen LogP contribution in [0.4, 0.5) is 5.69 Å². The molecule has 0 spiro atoms. The average Bonchev–Trinajstić information content (AvgIpc) is 2.53. The van der Waals surface area contributed by atoms with Crippen molar-refractivity contribution in [2.24, 2.45) is 0 Å². The number of likely N-dealkylation sites (tertiary alicyclic amines) is 1. The van der Waals surface area contributed by atoms with E-state index in [0.717, 1.165) is 19.6 Å². The molecular weight excluding hydrogens is 268 g/mol. The first kappa shape index (κ1) is 14.1. The van der Waals surface area contributed by atoms with E-state index >= 15 is 0 Å². The van der Waals surface area contributed by atoms with Crippen molar-refractivity contribution in [1.82, 2.24) is 4.90 Å². The van der Waals surface area contributed by atoms with E-state index in [1.807, 2.05) is 0 Å². The Bertz CT molecular complexity index is 550. The lowest BCUT2D eigenvalue weighted by Crippen LogP contribution is -2.31. The summed E-state index contributed by atoms with van der Waals surface area (Å²) in [7, 11) is 0. The molecule has 1 N–H and O–H groups in total. The zero-order valence-electron chi connectivity index (χ0n) is 12.1. The van der Waals surface area contributed by atoms with Crippen molar-refractivity contribution in [2.75, 3.05) is 31.6 Å². The summed E-state index contributed by atoms with van der Waals surface area (Å²) in [5, 5.41) is 2.73. The van der Waals surface area contributed by atoms with E-state index in [1.165, 1.54) is 19.3 Å². The number of carbonyl (C=O) groups is 2. The second kappa shape index (κ2) is 6.26. The van der Waals surface area contributed by atoms with Gasteiger partial charge in [-0.25, -0.2) is 0 Å². The average molecular weight is 288 g/mol. The predicted molar refractivity (Wildman–Crippen MR) is 79.8 cm³/mol. The molecule has 1 aromatic carbocycles. The summed E-state index contributed by atoms with van der Waals surface area (Å²) >= 11 is 0.